The standard InChI is InChI=1S/C16H23Cl2NO/c1-3-15(13-5-4-12(17)10-14(13)18)19-11-16(2)6-8-20-9-7-16/h4-5,10,15,19H,3,6-9,11H2,1-2H3. The second-order valence-corrected chi connectivity index (χ2v) is 6.77. The molecule has 20 heavy (non-hydrogen) atoms. The fourth-order valence-electron chi connectivity index (χ4n) is 2.67. The first-order valence-corrected chi connectivity index (χ1v) is 8.06. The molecule has 1 saturated heterocycles. The zero-order valence-corrected chi connectivity index (χ0v) is 13.7. The Kier molecular flexibility index (Phi) is 5.74. The summed E-state index contributed by atoms with van der Waals surface area (Å²) in [6.45, 7) is 7.24. The Bertz CT molecular complexity index is 444. The zero-order valence-electron chi connectivity index (χ0n) is 12.2. The van der Waals surface area contributed by atoms with Gasteiger partial charge in [-0.1, -0.05) is 43.1 Å². The number of hydrogen-bond donors (Lipinski definition) is 1. The summed E-state index contributed by atoms with van der Waals surface area (Å²) in [6.07, 6.45) is 3.24. The van der Waals surface area contributed by atoms with E-state index in [2.05, 4.69) is 19.2 Å². The van der Waals surface area contributed by atoms with Crippen molar-refractivity contribution in [3.05, 3.63) is 33.8 Å². The van der Waals surface area contributed by atoms with Crippen LogP contribution in [-0.4, -0.2) is 19.8 Å². The molecule has 0 aromatic heterocycles. The third-order valence-electron chi connectivity index (χ3n) is 4.22. The average molecular weight is 316 g/mol. The van der Waals surface area contributed by atoms with E-state index in [0.29, 0.717) is 10.4 Å². The van der Waals surface area contributed by atoms with Crippen LogP contribution in [0.3, 0.4) is 0 Å². The molecule has 1 aromatic carbocycles. The van der Waals surface area contributed by atoms with E-state index in [0.717, 1.165) is 49.6 Å². The molecule has 1 heterocycles. The highest BCUT2D eigenvalue weighted by atomic mass is 35.5. The van der Waals surface area contributed by atoms with Crippen molar-refractivity contribution in [2.45, 2.75) is 39.2 Å². The molecule has 0 amide bonds. The lowest BCUT2D eigenvalue weighted by molar-refractivity contribution is 0.0228. The van der Waals surface area contributed by atoms with Gasteiger partial charge in [-0.2, -0.15) is 0 Å². The largest absolute Gasteiger partial charge is 0.381 e. The van der Waals surface area contributed by atoms with E-state index < -0.39 is 0 Å². The third kappa shape index (κ3) is 4.11. The maximum absolute atomic E-state index is 6.31. The van der Waals surface area contributed by atoms with Crippen LogP contribution in [0.5, 0.6) is 0 Å². The van der Waals surface area contributed by atoms with Gasteiger partial charge in [-0.15, -0.1) is 0 Å². The molecule has 1 N–H and O–H groups in total. The van der Waals surface area contributed by atoms with Crippen LogP contribution in [0.25, 0.3) is 0 Å². The van der Waals surface area contributed by atoms with Gasteiger partial charge in [0.25, 0.3) is 0 Å². The molecule has 1 atom stereocenters. The molecule has 0 bridgehead atoms. The van der Waals surface area contributed by atoms with Gasteiger partial charge in [0.15, 0.2) is 0 Å². The summed E-state index contributed by atoms with van der Waals surface area (Å²) >= 11 is 12.3. The maximum Gasteiger partial charge on any atom is 0.0471 e. The molecule has 0 spiro atoms. The Hall–Kier alpha value is -0.280. The van der Waals surface area contributed by atoms with Crippen molar-refractivity contribution in [3.63, 3.8) is 0 Å². The van der Waals surface area contributed by atoms with Crippen molar-refractivity contribution < 1.29 is 4.74 Å². The summed E-state index contributed by atoms with van der Waals surface area (Å²) in [5.41, 5.74) is 1.46. The molecular weight excluding hydrogens is 293 g/mol. The molecule has 1 unspecified atom stereocenters. The van der Waals surface area contributed by atoms with Crippen LogP contribution in [0.4, 0.5) is 0 Å². The summed E-state index contributed by atoms with van der Waals surface area (Å²) in [5.74, 6) is 0. The van der Waals surface area contributed by atoms with Crippen molar-refractivity contribution in [1.82, 2.24) is 5.32 Å². The highest BCUT2D eigenvalue weighted by Crippen LogP contribution is 2.32. The Labute approximate surface area is 131 Å². The molecule has 0 aliphatic carbocycles. The molecule has 1 aliphatic rings. The topological polar surface area (TPSA) is 21.3 Å². The predicted octanol–water partition coefficient (Wildman–Crippen LogP) is 4.85. The first-order valence-electron chi connectivity index (χ1n) is 7.30. The van der Waals surface area contributed by atoms with Gasteiger partial charge in [0.2, 0.25) is 0 Å². The quantitative estimate of drug-likeness (QED) is 0.838. The lowest BCUT2D eigenvalue weighted by Gasteiger charge is -2.35. The van der Waals surface area contributed by atoms with Gasteiger partial charge < -0.3 is 10.1 Å². The fraction of sp³-hybridized carbons (Fsp3) is 0.625. The highest BCUT2D eigenvalue weighted by molar-refractivity contribution is 6.35. The molecule has 0 saturated carbocycles. The van der Waals surface area contributed by atoms with Crippen LogP contribution in [0, 0.1) is 5.41 Å². The lowest BCUT2D eigenvalue weighted by Crippen LogP contribution is -2.38. The Balaban J connectivity index is 2.01. The molecular formula is C16H23Cl2NO. The van der Waals surface area contributed by atoms with E-state index in [1.54, 1.807) is 0 Å². The second kappa shape index (κ2) is 7.13. The van der Waals surface area contributed by atoms with Crippen LogP contribution >= 0.6 is 23.2 Å². The van der Waals surface area contributed by atoms with Gasteiger partial charge in [-0.3, -0.25) is 0 Å². The monoisotopic (exact) mass is 315 g/mol. The minimum Gasteiger partial charge on any atom is -0.381 e. The Morgan fingerprint density at radius 3 is 2.60 bits per heavy atom. The van der Waals surface area contributed by atoms with E-state index in [4.69, 9.17) is 27.9 Å². The first kappa shape index (κ1) is 16.1. The van der Waals surface area contributed by atoms with Gasteiger partial charge in [-0.05, 0) is 42.4 Å². The maximum atomic E-state index is 6.31. The number of nitrogens with one attached hydrogen (secondary N) is 1. The van der Waals surface area contributed by atoms with Gasteiger partial charge >= 0.3 is 0 Å². The lowest BCUT2D eigenvalue weighted by atomic mass is 9.82. The van der Waals surface area contributed by atoms with E-state index >= 15 is 0 Å². The second-order valence-electron chi connectivity index (χ2n) is 5.93. The summed E-state index contributed by atoms with van der Waals surface area (Å²) in [6, 6.07) is 6.03. The van der Waals surface area contributed by atoms with Crippen LogP contribution < -0.4 is 5.32 Å². The number of halogens is 2. The van der Waals surface area contributed by atoms with Crippen molar-refractivity contribution in [2.24, 2.45) is 5.41 Å². The molecule has 0 radical (unpaired) electrons. The fourth-order valence-corrected chi connectivity index (χ4v) is 3.21. The average Bonchev–Trinajstić information content (AvgIpc) is 2.42. The van der Waals surface area contributed by atoms with E-state index in [-0.39, 0.29) is 6.04 Å². The minimum absolute atomic E-state index is 0.277. The van der Waals surface area contributed by atoms with E-state index in [9.17, 15) is 0 Å². The number of hydrogen-bond acceptors (Lipinski definition) is 2. The van der Waals surface area contributed by atoms with Crippen molar-refractivity contribution >= 4 is 23.2 Å². The molecule has 1 fully saturated rings. The molecule has 1 aliphatic heterocycles. The third-order valence-corrected chi connectivity index (χ3v) is 4.78. The predicted molar refractivity (Wildman–Crippen MR) is 85.7 cm³/mol. The minimum atomic E-state index is 0.277. The summed E-state index contributed by atoms with van der Waals surface area (Å²) in [5, 5.41) is 5.10. The molecule has 4 heteroatoms. The SMILES string of the molecule is CCC(NCC1(C)CCOCC1)c1ccc(Cl)cc1Cl. The van der Waals surface area contributed by atoms with Crippen LogP contribution in [0.15, 0.2) is 18.2 Å². The van der Waals surface area contributed by atoms with Crippen molar-refractivity contribution in [2.75, 3.05) is 19.8 Å². The van der Waals surface area contributed by atoms with Crippen LogP contribution in [0.1, 0.15) is 44.7 Å². The number of benzene rings is 1. The van der Waals surface area contributed by atoms with Crippen molar-refractivity contribution in [1.29, 1.82) is 0 Å². The molecule has 2 rings (SSSR count). The Morgan fingerprint density at radius 1 is 1.30 bits per heavy atom. The smallest absolute Gasteiger partial charge is 0.0471 e. The zero-order chi connectivity index (χ0) is 14.6. The van der Waals surface area contributed by atoms with Gasteiger partial charge in [0, 0.05) is 35.8 Å². The highest BCUT2D eigenvalue weighted by Gasteiger charge is 2.28. The summed E-state index contributed by atoms with van der Waals surface area (Å²) in [7, 11) is 0. The van der Waals surface area contributed by atoms with Crippen LogP contribution in [-0.2, 0) is 4.74 Å². The van der Waals surface area contributed by atoms with Gasteiger partial charge in [-0.25, -0.2) is 0 Å². The molecule has 2 nitrogen and oxygen atoms in total. The van der Waals surface area contributed by atoms with E-state index in [1.807, 2.05) is 18.2 Å². The normalized spacial score (nSPS) is 19.8. The molecule has 1 aromatic rings. The first-order chi connectivity index (χ1) is 9.54. The van der Waals surface area contributed by atoms with Gasteiger partial charge in [0.05, 0.1) is 0 Å². The number of rotatable bonds is 5. The van der Waals surface area contributed by atoms with Crippen molar-refractivity contribution in [3.8, 4) is 0 Å². The Morgan fingerprint density at radius 2 is 2.00 bits per heavy atom. The summed E-state index contributed by atoms with van der Waals surface area (Å²) < 4.78 is 5.45. The summed E-state index contributed by atoms with van der Waals surface area (Å²) in [4.78, 5) is 0. The van der Waals surface area contributed by atoms with Gasteiger partial charge in [0.1, 0.15) is 0 Å². The van der Waals surface area contributed by atoms with E-state index in [1.165, 1.54) is 0 Å². The number of ether oxygens (including phenoxy) is 1. The molecule has 112 valence electrons. The van der Waals surface area contributed by atoms with Crippen LogP contribution in [0.2, 0.25) is 10.0 Å².